The summed E-state index contributed by atoms with van der Waals surface area (Å²) in [6.45, 7) is 0.428. The molecule has 0 atom stereocenters. The standard InChI is InChI=1S/C19H16F3N3O6S3/c20-11-8-12-18(17(22)16(11)21)24-19(33-12)23-13(26)9-31-14(27)7-10-1-2-15(32-10)34(28,29)25-3-5-30-6-4-25/h1-2,8H,3-7,9H2,(H,23,24,26). The van der Waals surface area contributed by atoms with Crippen molar-refractivity contribution < 1.29 is 40.7 Å². The van der Waals surface area contributed by atoms with Crippen LogP contribution in [0.3, 0.4) is 0 Å². The summed E-state index contributed by atoms with van der Waals surface area (Å²) in [4.78, 5) is 28.2. The van der Waals surface area contributed by atoms with Crippen molar-refractivity contribution >= 4 is 59.9 Å². The summed E-state index contributed by atoms with van der Waals surface area (Å²) in [5.74, 6) is -6.08. The number of amides is 1. The number of aromatic nitrogens is 1. The third-order valence-electron chi connectivity index (χ3n) is 4.65. The predicted octanol–water partition coefficient (Wildman–Crippen LogP) is 2.52. The van der Waals surface area contributed by atoms with Crippen molar-refractivity contribution in [1.82, 2.24) is 9.29 Å². The minimum atomic E-state index is -3.68. The maximum absolute atomic E-state index is 13.8. The lowest BCUT2D eigenvalue weighted by Gasteiger charge is -2.25. The number of anilines is 1. The fourth-order valence-electron chi connectivity index (χ4n) is 3.03. The van der Waals surface area contributed by atoms with Crippen molar-refractivity contribution in [1.29, 1.82) is 0 Å². The summed E-state index contributed by atoms with van der Waals surface area (Å²) >= 11 is 1.65. The number of sulfonamides is 1. The number of thiazole rings is 1. The maximum atomic E-state index is 13.8. The molecule has 2 aromatic heterocycles. The van der Waals surface area contributed by atoms with E-state index in [1.165, 1.54) is 16.4 Å². The molecule has 1 saturated heterocycles. The van der Waals surface area contributed by atoms with Crippen molar-refractivity contribution in [3.05, 3.63) is 40.5 Å². The van der Waals surface area contributed by atoms with Gasteiger partial charge in [0.15, 0.2) is 29.2 Å². The smallest absolute Gasteiger partial charge is 0.311 e. The van der Waals surface area contributed by atoms with Gasteiger partial charge in [-0.25, -0.2) is 26.6 Å². The lowest BCUT2D eigenvalue weighted by Crippen LogP contribution is -2.40. The average Bonchev–Trinajstić information content (AvgIpc) is 3.44. The van der Waals surface area contributed by atoms with E-state index in [0.717, 1.165) is 28.7 Å². The van der Waals surface area contributed by atoms with Gasteiger partial charge < -0.3 is 9.47 Å². The SMILES string of the molecule is O=C(COC(=O)Cc1ccc(S(=O)(=O)N2CCOCC2)s1)Nc1nc2c(F)c(F)c(F)cc2s1. The number of ether oxygens (including phenoxy) is 2. The maximum Gasteiger partial charge on any atom is 0.311 e. The van der Waals surface area contributed by atoms with E-state index in [1.54, 1.807) is 0 Å². The molecular formula is C19H16F3N3O6S3. The van der Waals surface area contributed by atoms with Crippen LogP contribution >= 0.6 is 22.7 Å². The zero-order valence-electron chi connectivity index (χ0n) is 17.2. The molecule has 0 spiro atoms. The first-order valence-corrected chi connectivity index (χ1v) is 12.8. The van der Waals surface area contributed by atoms with Crippen molar-refractivity contribution in [2.75, 3.05) is 38.2 Å². The number of thiophene rings is 1. The van der Waals surface area contributed by atoms with Gasteiger partial charge in [-0.2, -0.15) is 4.31 Å². The highest BCUT2D eigenvalue weighted by molar-refractivity contribution is 7.91. The van der Waals surface area contributed by atoms with E-state index in [9.17, 15) is 31.2 Å². The molecule has 0 aliphatic carbocycles. The molecule has 4 rings (SSSR count). The first-order valence-electron chi connectivity index (χ1n) is 9.71. The van der Waals surface area contributed by atoms with Crippen LogP contribution in [-0.2, 0) is 35.5 Å². The highest BCUT2D eigenvalue weighted by Gasteiger charge is 2.28. The zero-order valence-corrected chi connectivity index (χ0v) is 19.6. The molecule has 1 aromatic carbocycles. The summed E-state index contributed by atoms with van der Waals surface area (Å²) in [7, 11) is -3.68. The van der Waals surface area contributed by atoms with Gasteiger partial charge in [-0.05, 0) is 18.2 Å². The van der Waals surface area contributed by atoms with E-state index in [0.29, 0.717) is 18.1 Å². The largest absolute Gasteiger partial charge is 0.455 e. The summed E-state index contributed by atoms with van der Waals surface area (Å²) in [5, 5.41) is 2.14. The van der Waals surface area contributed by atoms with Crippen LogP contribution in [0.25, 0.3) is 10.2 Å². The molecule has 1 aliphatic heterocycles. The molecule has 0 bridgehead atoms. The Hall–Kier alpha value is -2.59. The third kappa shape index (κ3) is 5.22. The third-order valence-corrected chi connectivity index (χ3v) is 9.02. The van der Waals surface area contributed by atoms with Gasteiger partial charge in [0, 0.05) is 18.0 Å². The number of rotatable bonds is 7. The fourth-order valence-corrected chi connectivity index (χ4v) is 6.84. The lowest BCUT2D eigenvalue weighted by atomic mass is 10.3. The molecular weight excluding hydrogens is 519 g/mol. The first kappa shape index (κ1) is 24.5. The fraction of sp³-hybridized carbons (Fsp3) is 0.316. The lowest BCUT2D eigenvalue weighted by molar-refractivity contribution is -0.146. The van der Waals surface area contributed by atoms with Gasteiger partial charge >= 0.3 is 5.97 Å². The van der Waals surface area contributed by atoms with Crippen LogP contribution in [0.4, 0.5) is 18.3 Å². The van der Waals surface area contributed by atoms with E-state index in [2.05, 4.69) is 10.3 Å². The number of carbonyl (C=O) groups excluding carboxylic acids is 2. The molecule has 15 heteroatoms. The highest BCUT2D eigenvalue weighted by Crippen LogP contribution is 2.30. The number of morpholine rings is 1. The Morgan fingerprint density at radius 2 is 1.88 bits per heavy atom. The molecule has 0 saturated carbocycles. The van der Waals surface area contributed by atoms with Crippen LogP contribution in [0, 0.1) is 17.5 Å². The number of halogens is 3. The van der Waals surface area contributed by atoms with E-state index in [-0.39, 0.29) is 33.6 Å². The van der Waals surface area contributed by atoms with Crippen LogP contribution in [0.2, 0.25) is 0 Å². The van der Waals surface area contributed by atoms with Crippen LogP contribution in [0.5, 0.6) is 0 Å². The Morgan fingerprint density at radius 1 is 1.15 bits per heavy atom. The summed E-state index contributed by atoms with van der Waals surface area (Å²) in [6, 6.07) is 3.66. The van der Waals surface area contributed by atoms with Gasteiger partial charge in [-0.1, -0.05) is 11.3 Å². The number of carbonyl (C=O) groups is 2. The number of hydrogen-bond acceptors (Lipinski definition) is 9. The van der Waals surface area contributed by atoms with Crippen LogP contribution in [0.1, 0.15) is 4.88 Å². The molecule has 3 heterocycles. The van der Waals surface area contributed by atoms with Gasteiger partial charge in [-0.15, -0.1) is 11.3 Å². The molecule has 1 fully saturated rings. The summed E-state index contributed by atoms with van der Waals surface area (Å²) in [6.07, 6.45) is -0.249. The van der Waals surface area contributed by atoms with Crippen LogP contribution in [0.15, 0.2) is 22.4 Å². The van der Waals surface area contributed by atoms with Crippen molar-refractivity contribution in [2.45, 2.75) is 10.6 Å². The number of nitrogens with one attached hydrogen (secondary N) is 1. The van der Waals surface area contributed by atoms with E-state index >= 15 is 0 Å². The number of fused-ring (bicyclic) bond motifs is 1. The second kappa shape index (κ2) is 9.95. The molecule has 182 valence electrons. The van der Waals surface area contributed by atoms with Gasteiger partial charge in [0.25, 0.3) is 15.9 Å². The number of benzene rings is 1. The second-order valence-corrected chi connectivity index (χ2v) is 11.3. The molecule has 1 aliphatic rings. The Bertz CT molecular complexity index is 1350. The second-order valence-electron chi connectivity index (χ2n) is 6.97. The number of nitrogens with zero attached hydrogens (tertiary/aromatic N) is 2. The zero-order chi connectivity index (χ0) is 24.5. The quantitative estimate of drug-likeness (QED) is 0.365. The summed E-state index contributed by atoms with van der Waals surface area (Å²) in [5.41, 5.74) is -0.434. The van der Waals surface area contributed by atoms with Gasteiger partial charge in [0.05, 0.1) is 24.3 Å². The Kier molecular flexibility index (Phi) is 7.18. The molecule has 9 nitrogen and oxygen atoms in total. The minimum absolute atomic E-state index is 0.00998. The Labute approximate surface area is 199 Å². The Morgan fingerprint density at radius 3 is 2.62 bits per heavy atom. The van der Waals surface area contributed by atoms with E-state index in [1.807, 2.05) is 0 Å². The molecule has 3 aromatic rings. The highest BCUT2D eigenvalue weighted by atomic mass is 32.2. The molecule has 0 radical (unpaired) electrons. The number of hydrogen-bond donors (Lipinski definition) is 1. The predicted molar refractivity (Wildman–Crippen MR) is 117 cm³/mol. The van der Waals surface area contributed by atoms with Crippen LogP contribution < -0.4 is 5.32 Å². The van der Waals surface area contributed by atoms with E-state index < -0.39 is 51.5 Å². The van der Waals surface area contributed by atoms with Crippen molar-refractivity contribution in [2.24, 2.45) is 0 Å². The van der Waals surface area contributed by atoms with Crippen molar-refractivity contribution in [3.8, 4) is 0 Å². The molecule has 1 amide bonds. The van der Waals surface area contributed by atoms with Gasteiger partial charge in [-0.3, -0.25) is 14.9 Å². The van der Waals surface area contributed by atoms with Crippen molar-refractivity contribution in [3.63, 3.8) is 0 Å². The molecule has 34 heavy (non-hydrogen) atoms. The minimum Gasteiger partial charge on any atom is -0.455 e. The monoisotopic (exact) mass is 535 g/mol. The molecule has 0 unspecified atom stereocenters. The van der Waals surface area contributed by atoms with E-state index in [4.69, 9.17) is 9.47 Å². The van der Waals surface area contributed by atoms with Gasteiger partial charge in [0.2, 0.25) is 0 Å². The summed E-state index contributed by atoms with van der Waals surface area (Å²) < 4.78 is 77.1. The van der Waals surface area contributed by atoms with Gasteiger partial charge in [0.1, 0.15) is 9.73 Å². The number of esters is 1. The average molecular weight is 536 g/mol. The Balaban J connectivity index is 1.31. The molecule has 1 N–H and O–H groups in total. The normalized spacial score (nSPS) is 14.9. The van der Waals surface area contributed by atoms with Crippen LogP contribution in [-0.4, -0.2) is 62.5 Å². The first-order chi connectivity index (χ1) is 16.1. The topological polar surface area (TPSA) is 115 Å².